The Bertz CT molecular complexity index is 652. The second-order valence-corrected chi connectivity index (χ2v) is 20.5. The molecule has 32 heavy (non-hydrogen) atoms. The molecule has 186 valence electrons. The number of fused-ring (bicyclic) bond motifs is 5. The lowest BCUT2D eigenvalue weighted by atomic mass is 9.44. The average molecular weight is 461 g/mol. The molecule has 0 spiro atoms. The molecule has 4 aliphatic carbocycles. The SMILES string of the molecule is CC(C)CCC[C@@H](C)[C@H]1CC[C@H]2[C@H]3CC[C@@H]4C[C@H](O)CC([Si](C)(C)C)[C@]4(C)[C@H]3CC[C@]12C. The van der Waals surface area contributed by atoms with Gasteiger partial charge >= 0.3 is 0 Å². The molecule has 0 aromatic heterocycles. The van der Waals surface area contributed by atoms with Crippen LogP contribution in [-0.4, -0.2) is 19.3 Å². The highest BCUT2D eigenvalue weighted by Gasteiger charge is 2.63. The van der Waals surface area contributed by atoms with Gasteiger partial charge in [0.2, 0.25) is 0 Å². The lowest BCUT2D eigenvalue weighted by molar-refractivity contribution is -0.130. The lowest BCUT2D eigenvalue weighted by Gasteiger charge is -2.65. The summed E-state index contributed by atoms with van der Waals surface area (Å²) in [6, 6.07) is 0. The first-order valence-corrected chi connectivity index (χ1v) is 18.1. The van der Waals surface area contributed by atoms with Gasteiger partial charge in [-0.15, -0.1) is 0 Å². The molecule has 10 atom stereocenters. The van der Waals surface area contributed by atoms with E-state index in [2.05, 4.69) is 54.3 Å². The molecule has 0 aromatic rings. The molecular weight excluding hydrogens is 404 g/mol. The van der Waals surface area contributed by atoms with Crippen molar-refractivity contribution in [3.8, 4) is 0 Å². The van der Waals surface area contributed by atoms with Crippen LogP contribution < -0.4 is 0 Å². The molecule has 0 amide bonds. The number of rotatable bonds is 6. The summed E-state index contributed by atoms with van der Waals surface area (Å²) in [4.78, 5) is 0. The molecule has 0 heterocycles. The van der Waals surface area contributed by atoms with E-state index in [0.717, 1.165) is 59.8 Å². The first-order valence-electron chi connectivity index (χ1n) is 14.6. The van der Waals surface area contributed by atoms with Gasteiger partial charge in [-0.1, -0.05) is 73.5 Å². The molecule has 1 nitrogen and oxygen atoms in total. The van der Waals surface area contributed by atoms with Gasteiger partial charge in [-0.25, -0.2) is 0 Å². The van der Waals surface area contributed by atoms with Crippen molar-refractivity contribution in [2.24, 2.45) is 52.3 Å². The van der Waals surface area contributed by atoms with Crippen LogP contribution in [-0.2, 0) is 0 Å². The van der Waals surface area contributed by atoms with Crippen molar-refractivity contribution in [3.63, 3.8) is 0 Å². The van der Waals surface area contributed by atoms with E-state index in [0.29, 0.717) is 10.8 Å². The van der Waals surface area contributed by atoms with Crippen molar-refractivity contribution in [2.45, 2.75) is 137 Å². The van der Waals surface area contributed by atoms with Gasteiger partial charge in [-0.3, -0.25) is 0 Å². The molecule has 0 bridgehead atoms. The second kappa shape index (κ2) is 9.00. The molecule has 4 fully saturated rings. The second-order valence-electron chi connectivity index (χ2n) is 15.1. The molecule has 4 saturated carbocycles. The quantitative estimate of drug-likeness (QED) is 0.393. The predicted octanol–water partition coefficient (Wildman–Crippen LogP) is 8.79. The van der Waals surface area contributed by atoms with Crippen LogP contribution in [0.25, 0.3) is 0 Å². The largest absolute Gasteiger partial charge is 0.393 e. The Morgan fingerprint density at radius 3 is 2.25 bits per heavy atom. The monoisotopic (exact) mass is 460 g/mol. The van der Waals surface area contributed by atoms with Gasteiger partial charge in [-0.05, 0) is 109 Å². The van der Waals surface area contributed by atoms with E-state index in [-0.39, 0.29) is 6.10 Å². The van der Waals surface area contributed by atoms with E-state index in [1.165, 1.54) is 57.8 Å². The third-order valence-electron chi connectivity index (χ3n) is 12.0. The van der Waals surface area contributed by atoms with Gasteiger partial charge in [0.1, 0.15) is 0 Å². The average Bonchev–Trinajstić information content (AvgIpc) is 3.04. The van der Waals surface area contributed by atoms with Crippen LogP contribution in [0.5, 0.6) is 0 Å². The van der Waals surface area contributed by atoms with Gasteiger partial charge < -0.3 is 5.11 Å². The van der Waals surface area contributed by atoms with Gasteiger partial charge in [0.05, 0.1) is 6.10 Å². The normalized spacial score (nSPS) is 47.6. The summed E-state index contributed by atoms with van der Waals surface area (Å²) >= 11 is 0. The Hall–Kier alpha value is 0.177. The summed E-state index contributed by atoms with van der Waals surface area (Å²) in [5.74, 6) is 6.38. The van der Waals surface area contributed by atoms with Gasteiger partial charge in [0.25, 0.3) is 0 Å². The zero-order valence-electron chi connectivity index (χ0n) is 22.9. The molecule has 0 aromatic carbocycles. The summed E-state index contributed by atoms with van der Waals surface area (Å²) < 4.78 is 0. The van der Waals surface area contributed by atoms with Crippen molar-refractivity contribution in [1.82, 2.24) is 0 Å². The minimum atomic E-state index is -1.32. The van der Waals surface area contributed by atoms with Crippen LogP contribution in [0.4, 0.5) is 0 Å². The third-order valence-corrected chi connectivity index (χ3v) is 15.0. The first kappa shape index (κ1) is 25.3. The Morgan fingerprint density at radius 2 is 1.59 bits per heavy atom. The summed E-state index contributed by atoms with van der Waals surface area (Å²) in [6.07, 6.45) is 15.3. The molecule has 4 aliphatic rings. The van der Waals surface area contributed by atoms with E-state index < -0.39 is 8.07 Å². The van der Waals surface area contributed by atoms with E-state index in [4.69, 9.17) is 0 Å². The molecule has 0 saturated heterocycles. The fraction of sp³-hybridized carbons (Fsp3) is 1.00. The smallest absolute Gasteiger partial charge is 0.0543 e. The molecule has 0 radical (unpaired) electrons. The third kappa shape index (κ3) is 4.20. The van der Waals surface area contributed by atoms with E-state index in [1.54, 1.807) is 0 Å². The topological polar surface area (TPSA) is 20.2 Å². The van der Waals surface area contributed by atoms with Crippen molar-refractivity contribution < 1.29 is 5.11 Å². The highest BCUT2D eigenvalue weighted by Crippen LogP contribution is 2.71. The Labute approximate surface area is 201 Å². The Morgan fingerprint density at radius 1 is 0.875 bits per heavy atom. The summed E-state index contributed by atoms with van der Waals surface area (Å²) in [7, 11) is -1.32. The molecule has 1 unspecified atom stereocenters. The maximum absolute atomic E-state index is 10.8. The standard InChI is InChI=1S/C30H56OSi/c1-20(2)10-9-11-21(3)25-14-15-26-24-13-12-22-18-23(31)19-28(32(6,7)8)30(22,5)27(24)16-17-29(25,26)4/h20-28,31H,9-19H2,1-8H3/t21-,22-,23+,24-,25-,26+,27+,28?,29-,30+/m1/s1. The molecule has 1 N–H and O–H groups in total. The maximum Gasteiger partial charge on any atom is 0.0543 e. The number of hydrogen-bond acceptors (Lipinski definition) is 1. The summed E-state index contributed by atoms with van der Waals surface area (Å²) in [5.41, 5.74) is 1.90. The van der Waals surface area contributed by atoms with E-state index in [9.17, 15) is 5.11 Å². The fourth-order valence-electron chi connectivity index (χ4n) is 10.6. The summed E-state index contributed by atoms with van der Waals surface area (Å²) in [5, 5.41) is 10.8. The van der Waals surface area contributed by atoms with Crippen molar-refractivity contribution in [3.05, 3.63) is 0 Å². The van der Waals surface area contributed by atoms with Crippen LogP contribution in [0.1, 0.15) is 105 Å². The minimum absolute atomic E-state index is 0.0299. The first-order chi connectivity index (χ1) is 14.9. The van der Waals surface area contributed by atoms with Gasteiger partial charge in [-0.2, -0.15) is 0 Å². The maximum atomic E-state index is 10.8. The molecule has 2 heteroatoms. The fourth-order valence-corrected chi connectivity index (χ4v) is 13.9. The Balaban J connectivity index is 1.55. The van der Waals surface area contributed by atoms with Crippen LogP contribution in [0.15, 0.2) is 0 Å². The predicted molar refractivity (Wildman–Crippen MR) is 142 cm³/mol. The number of hydrogen-bond donors (Lipinski definition) is 1. The minimum Gasteiger partial charge on any atom is -0.393 e. The molecule has 4 rings (SSSR count). The van der Waals surface area contributed by atoms with Crippen LogP contribution in [0.3, 0.4) is 0 Å². The number of aliphatic hydroxyl groups is 1. The lowest BCUT2D eigenvalue weighted by Crippen LogP contribution is -2.59. The van der Waals surface area contributed by atoms with Crippen LogP contribution in [0.2, 0.25) is 25.2 Å². The Kier molecular flexibility index (Phi) is 7.11. The van der Waals surface area contributed by atoms with E-state index in [1.807, 2.05) is 0 Å². The van der Waals surface area contributed by atoms with Gasteiger partial charge in [0, 0.05) is 8.07 Å². The molecular formula is C30H56OSi. The zero-order chi connectivity index (χ0) is 23.5. The van der Waals surface area contributed by atoms with E-state index >= 15 is 0 Å². The highest BCUT2D eigenvalue weighted by atomic mass is 28.3. The summed E-state index contributed by atoms with van der Waals surface area (Å²) in [6.45, 7) is 20.6. The van der Waals surface area contributed by atoms with Crippen molar-refractivity contribution in [1.29, 1.82) is 0 Å². The zero-order valence-corrected chi connectivity index (χ0v) is 23.9. The van der Waals surface area contributed by atoms with Crippen molar-refractivity contribution in [2.75, 3.05) is 0 Å². The molecule has 0 aliphatic heterocycles. The van der Waals surface area contributed by atoms with Crippen molar-refractivity contribution >= 4 is 8.07 Å². The van der Waals surface area contributed by atoms with Gasteiger partial charge in [0.15, 0.2) is 0 Å². The van der Waals surface area contributed by atoms with Crippen LogP contribution in [0, 0.1) is 52.3 Å². The highest BCUT2D eigenvalue weighted by molar-refractivity contribution is 6.77. The number of aliphatic hydroxyl groups excluding tert-OH is 1. The van der Waals surface area contributed by atoms with Crippen LogP contribution >= 0.6 is 0 Å².